The second kappa shape index (κ2) is 9.71. The number of hydrogen-bond acceptors (Lipinski definition) is 4. The molecule has 0 saturated carbocycles. The van der Waals surface area contributed by atoms with Crippen LogP contribution in [0.4, 0.5) is 4.79 Å². The highest BCUT2D eigenvalue weighted by Crippen LogP contribution is 2.22. The predicted molar refractivity (Wildman–Crippen MR) is 96.4 cm³/mol. The van der Waals surface area contributed by atoms with Crippen molar-refractivity contribution in [3.63, 3.8) is 0 Å². The first-order chi connectivity index (χ1) is 11.3. The van der Waals surface area contributed by atoms with Gasteiger partial charge in [-0.3, -0.25) is 4.99 Å². The van der Waals surface area contributed by atoms with Crippen LogP contribution in [-0.4, -0.2) is 80.9 Å². The number of ether oxygens (including phenoxy) is 2. The molecule has 0 aromatic carbocycles. The number of rotatable bonds is 5. The molecule has 1 unspecified atom stereocenters. The van der Waals surface area contributed by atoms with Crippen molar-refractivity contribution < 1.29 is 14.3 Å². The highest BCUT2D eigenvalue weighted by molar-refractivity contribution is 5.80. The van der Waals surface area contributed by atoms with Crippen molar-refractivity contribution in [1.29, 1.82) is 0 Å². The molecule has 0 aromatic rings. The van der Waals surface area contributed by atoms with Gasteiger partial charge in [-0.15, -0.1) is 0 Å². The zero-order chi connectivity index (χ0) is 18.2. The van der Waals surface area contributed by atoms with Gasteiger partial charge in [-0.1, -0.05) is 20.8 Å². The van der Waals surface area contributed by atoms with Gasteiger partial charge in [-0.05, 0) is 19.3 Å². The van der Waals surface area contributed by atoms with E-state index in [2.05, 4.69) is 37.9 Å². The Labute approximate surface area is 146 Å². The average Bonchev–Trinajstić information content (AvgIpc) is 2.53. The number of carbonyl (C=O) groups excluding carboxylic acids is 1. The summed E-state index contributed by atoms with van der Waals surface area (Å²) in [6.45, 7) is 15.0. The van der Waals surface area contributed by atoms with Gasteiger partial charge in [0.25, 0.3) is 0 Å². The molecule has 1 aliphatic heterocycles. The summed E-state index contributed by atoms with van der Waals surface area (Å²) in [7, 11) is 1.73. The number of carbonyl (C=O) groups is 1. The van der Waals surface area contributed by atoms with Crippen molar-refractivity contribution in [2.24, 2.45) is 10.4 Å². The lowest BCUT2D eigenvalue weighted by molar-refractivity contribution is 0.0239. The van der Waals surface area contributed by atoms with E-state index in [4.69, 9.17) is 14.5 Å². The van der Waals surface area contributed by atoms with Gasteiger partial charge in [0.15, 0.2) is 5.96 Å². The molecule has 0 aromatic heterocycles. The van der Waals surface area contributed by atoms with E-state index < -0.39 is 0 Å². The van der Waals surface area contributed by atoms with Gasteiger partial charge in [0.2, 0.25) is 0 Å². The van der Waals surface area contributed by atoms with Crippen molar-refractivity contribution in [1.82, 2.24) is 15.1 Å². The molecule has 140 valence electrons. The Bertz CT molecular complexity index is 413. The molecule has 1 amide bonds. The molecule has 1 aliphatic rings. The highest BCUT2D eigenvalue weighted by atomic mass is 16.6. The van der Waals surface area contributed by atoms with E-state index in [1.54, 1.807) is 12.0 Å². The fourth-order valence-corrected chi connectivity index (χ4v) is 2.61. The lowest BCUT2D eigenvalue weighted by Crippen LogP contribution is -2.54. The number of piperazine rings is 1. The largest absolute Gasteiger partial charge is 0.450 e. The summed E-state index contributed by atoms with van der Waals surface area (Å²) in [6.07, 6.45) is -0.168. The number of guanidine groups is 1. The lowest BCUT2D eigenvalue weighted by atomic mass is 9.89. The fourth-order valence-electron chi connectivity index (χ4n) is 2.61. The summed E-state index contributed by atoms with van der Waals surface area (Å²) in [4.78, 5) is 20.5. The molecule has 1 heterocycles. The maximum atomic E-state index is 11.8. The van der Waals surface area contributed by atoms with Gasteiger partial charge in [0.05, 0.1) is 19.3 Å². The van der Waals surface area contributed by atoms with Crippen LogP contribution in [0, 0.1) is 5.41 Å². The zero-order valence-electron chi connectivity index (χ0n) is 16.1. The molecule has 24 heavy (non-hydrogen) atoms. The van der Waals surface area contributed by atoms with Gasteiger partial charge < -0.3 is 24.6 Å². The van der Waals surface area contributed by atoms with Crippen LogP contribution in [0.3, 0.4) is 0 Å². The zero-order valence-corrected chi connectivity index (χ0v) is 16.1. The highest BCUT2D eigenvalue weighted by Gasteiger charge is 2.26. The van der Waals surface area contributed by atoms with E-state index in [9.17, 15) is 4.79 Å². The number of nitrogens with zero attached hydrogens (tertiary/aromatic N) is 3. The fraction of sp³-hybridized carbons (Fsp3) is 0.882. The summed E-state index contributed by atoms with van der Waals surface area (Å²) < 4.78 is 10.6. The van der Waals surface area contributed by atoms with Crippen LogP contribution >= 0.6 is 0 Å². The molecule has 1 saturated heterocycles. The Kier molecular flexibility index (Phi) is 8.31. The van der Waals surface area contributed by atoms with E-state index in [0.717, 1.165) is 25.6 Å². The molecule has 0 spiro atoms. The van der Waals surface area contributed by atoms with Crippen molar-refractivity contribution in [2.75, 3.05) is 53.0 Å². The first-order valence-electron chi connectivity index (χ1n) is 8.81. The molecule has 7 nitrogen and oxygen atoms in total. The van der Waals surface area contributed by atoms with Gasteiger partial charge in [0, 0.05) is 39.8 Å². The molecule has 1 rings (SSSR count). The van der Waals surface area contributed by atoms with Gasteiger partial charge in [-0.2, -0.15) is 0 Å². The topological polar surface area (TPSA) is 66.4 Å². The molecule has 7 heteroatoms. The lowest BCUT2D eigenvalue weighted by Gasteiger charge is -2.36. The van der Waals surface area contributed by atoms with Gasteiger partial charge in [-0.25, -0.2) is 4.79 Å². The van der Waals surface area contributed by atoms with Gasteiger partial charge in [0.1, 0.15) is 0 Å². The number of aliphatic imine (C=N–C) groups is 1. The molecule has 0 radical (unpaired) electrons. The minimum absolute atomic E-state index is 0.0399. The predicted octanol–water partition coefficient (Wildman–Crippen LogP) is 1.79. The van der Waals surface area contributed by atoms with Crippen LogP contribution in [-0.2, 0) is 9.47 Å². The monoisotopic (exact) mass is 342 g/mol. The Morgan fingerprint density at radius 1 is 1.17 bits per heavy atom. The Morgan fingerprint density at radius 3 is 2.21 bits per heavy atom. The Morgan fingerprint density at radius 2 is 1.75 bits per heavy atom. The second-order valence-electron chi connectivity index (χ2n) is 6.96. The normalized spacial score (nSPS) is 17.7. The summed E-state index contributed by atoms with van der Waals surface area (Å²) >= 11 is 0. The maximum Gasteiger partial charge on any atom is 0.409 e. The van der Waals surface area contributed by atoms with Crippen molar-refractivity contribution in [3.05, 3.63) is 0 Å². The van der Waals surface area contributed by atoms with Crippen LogP contribution in [0.25, 0.3) is 0 Å². The van der Waals surface area contributed by atoms with Crippen molar-refractivity contribution in [2.45, 2.75) is 40.7 Å². The smallest absolute Gasteiger partial charge is 0.409 e. The van der Waals surface area contributed by atoms with Crippen LogP contribution < -0.4 is 5.32 Å². The van der Waals surface area contributed by atoms with Crippen LogP contribution in [0.5, 0.6) is 0 Å². The van der Waals surface area contributed by atoms with Crippen LogP contribution in [0.1, 0.15) is 34.6 Å². The SMILES string of the molecule is CCNC(=NCC(OC)C(C)(C)C)N1CCN(C(=O)OCC)CC1. The van der Waals surface area contributed by atoms with E-state index in [0.29, 0.717) is 26.2 Å². The second-order valence-corrected chi connectivity index (χ2v) is 6.96. The minimum Gasteiger partial charge on any atom is -0.450 e. The standard InChI is InChI=1S/C17H34N4O3/c1-7-18-15(19-13-14(23-6)17(3,4)5)20-9-11-21(12-10-20)16(22)24-8-2/h14H,7-13H2,1-6H3,(H,18,19). The third kappa shape index (κ3) is 6.19. The first kappa shape index (κ1) is 20.5. The van der Waals surface area contributed by atoms with Crippen LogP contribution in [0.15, 0.2) is 4.99 Å². The molecule has 1 atom stereocenters. The van der Waals surface area contributed by atoms with E-state index >= 15 is 0 Å². The van der Waals surface area contributed by atoms with Gasteiger partial charge >= 0.3 is 6.09 Å². The number of nitrogens with one attached hydrogen (secondary N) is 1. The maximum absolute atomic E-state index is 11.8. The number of hydrogen-bond donors (Lipinski definition) is 1. The van der Waals surface area contributed by atoms with Crippen LogP contribution in [0.2, 0.25) is 0 Å². The Hall–Kier alpha value is -1.50. The summed E-state index contributed by atoms with van der Waals surface area (Å²) in [6, 6.07) is 0. The van der Waals surface area contributed by atoms with E-state index in [1.807, 2.05) is 6.92 Å². The third-order valence-electron chi connectivity index (χ3n) is 4.10. The number of amides is 1. The third-order valence-corrected chi connectivity index (χ3v) is 4.10. The Balaban J connectivity index is 2.66. The molecule has 0 bridgehead atoms. The van der Waals surface area contributed by atoms with Crippen molar-refractivity contribution in [3.8, 4) is 0 Å². The van der Waals surface area contributed by atoms with E-state index in [-0.39, 0.29) is 17.6 Å². The summed E-state index contributed by atoms with van der Waals surface area (Å²) in [5, 5.41) is 3.34. The molecular formula is C17H34N4O3. The molecular weight excluding hydrogens is 308 g/mol. The summed E-state index contributed by atoms with van der Waals surface area (Å²) in [5.41, 5.74) is 0.0399. The van der Waals surface area contributed by atoms with E-state index in [1.165, 1.54) is 0 Å². The summed E-state index contributed by atoms with van der Waals surface area (Å²) in [5.74, 6) is 0.882. The number of methoxy groups -OCH3 is 1. The molecule has 1 fully saturated rings. The minimum atomic E-state index is -0.230. The van der Waals surface area contributed by atoms with Crippen molar-refractivity contribution >= 4 is 12.1 Å². The molecule has 1 N–H and O–H groups in total. The quantitative estimate of drug-likeness (QED) is 0.609. The average molecular weight is 342 g/mol. The molecule has 0 aliphatic carbocycles. The first-order valence-corrected chi connectivity index (χ1v) is 8.81.